The average molecular weight is 224 g/mol. The van der Waals surface area contributed by atoms with Crippen molar-refractivity contribution in [3.63, 3.8) is 0 Å². The molecule has 6 nitrogen and oxygen atoms in total. The summed E-state index contributed by atoms with van der Waals surface area (Å²) in [5.41, 5.74) is 0. The Morgan fingerprint density at radius 1 is 1.00 bits per heavy atom. The minimum atomic E-state index is -1.56. The van der Waals surface area contributed by atoms with Gasteiger partial charge in [-0.2, -0.15) is 0 Å². The third-order valence-corrected chi connectivity index (χ3v) is 2.14. The Morgan fingerprint density at radius 2 is 1.53 bits per heavy atom. The fourth-order valence-electron chi connectivity index (χ4n) is 1.18. The van der Waals surface area contributed by atoms with Gasteiger partial charge in [-0.3, -0.25) is 0 Å². The smallest absolute Gasteiger partial charge is 0.111 e. The van der Waals surface area contributed by atoms with E-state index in [4.69, 9.17) is 14.9 Å². The maximum Gasteiger partial charge on any atom is 0.111 e. The van der Waals surface area contributed by atoms with Gasteiger partial charge in [-0.1, -0.05) is 0 Å². The molecule has 92 valence electrons. The lowest BCUT2D eigenvalue weighted by Gasteiger charge is -2.29. The molecule has 0 rings (SSSR count). The summed E-state index contributed by atoms with van der Waals surface area (Å²) in [5.74, 6) is 0. The quantitative estimate of drug-likeness (QED) is 0.337. The second-order valence-electron chi connectivity index (χ2n) is 3.39. The van der Waals surface area contributed by atoms with Crippen LogP contribution in [-0.4, -0.2) is 69.3 Å². The second-order valence-corrected chi connectivity index (χ2v) is 3.39. The van der Waals surface area contributed by atoms with Gasteiger partial charge >= 0.3 is 0 Å². The predicted octanol–water partition coefficient (Wildman–Crippen LogP) is -2.15. The third kappa shape index (κ3) is 4.42. The average Bonchev–Trinajstić information content (AvgIpc) is 2.22. The normalized spacial score (nSPS) is 21.8. The molecule has 0 fully saturated rings. The molecule has 0 bridgehead atoms. The number of aliphatic hydroxyl groups excluding tert-OH is 5. The Bertz CT molecular complexity index is 163. The van der Waals surface area contributed by atoms with Gasteiger partial charge in [0.25, 0.3) is 0 Å². The van der Waals surface area contributed by atoms with Gasteiger partial charge in [-0.05, 0) is 13.8 Å². The van der Waals surface area contributed by atoms with Crippen LogP contribution in [0.4, 0.5) is 0 Å². The van der Waals surface area contributed by atoms with Crippen molar-refractivity contribution in [2.45, 2.75) is 44.4 Å². The maximum atomic E-state index is 9.52. The van der Waals surface area contributed by atoms with Crippen LogP contribution in [0.1, 0.15) is 13.8 Å². The first-order valence-corrected chi connectivity index (χ1v) is 4.90. The van der Waals surface area contributed by atoms with Crippen LogP contribution < -0.4 is 0 Å². The molecule has 5 atom stereocenters. The van der Waals surface area contributed by atoms with E-state index in [1.165, 1.54) is 6.92 Å². The van der Waals surface area contributed by atoms with Gasteiger partial charge in [0.15, 0.2) is 0 Å². The van der Waals surface area contributed by atoms with E-state index >= 15 is 0 Å². The summed E-state index contributed by atoms with van der Waals surface area (Å²) in [6.45, 7) is 2.75. The zero-order valence-corrected chi connectivity index (χ0v) is 8.95. The number of rotatable bonds is 7. The molecule has 0 spiro atoms. The van der Waals surface area contributed by atoms with E-state index in [2.05, 4.69) is 0 Å². The van der Waals surface area contributed by atoms with Gasteiger partial charge < -0.3 is 30.3 Å². The van der Waals surface area contributed by atoms with Crippen molar-refractivity contribution in [3.05, 3.63) is 0 Å². The van der Waals surface area contributed by atoms with E-state index in [1.807, 2.05) is 0 Å². The third-order valence-electron chi connectivity index (χ3n) is 2.14. The summed E-state index contributed by atoms with van der Waals surface area (Å²) >= 11 is 0. The molecule has 0 saturated heterocycles. The van der Waals surface area contributed by atoms with Crippen LogP contribution in [0, 0.1) is 0 Å². The molecule has 0 radical (unpaired) electrons. The van der Waals surface area contributed by atoms with Crippen molar-refractivity contribution in [1.29, 1.82) is 0 Å². The van der Waals surface area contributed by atoms with Crippen molar-refractivity contribution >= 4 is 0 Å². The highest BCUT2D eigenvalue weighted by molar-refractivity contribution is 4.83. The lowest BCUT2D eigenvalue weighted by molar-refractivity contribution is -0.150. The first-order valence-electron chi connectivity index (χ1n) is 4.90. The molecule has 0 amide bonds. The SMILES string of the molecule is CCOC(CO)C(O)C(O)C(O)C(C)O. The summed E-state index contributed by atoms with van der Waals surface area (Å²) < 4.78 is 4.95. The maximum absolute atomic E-state index is 9.52. The molecule has 0 heterocycles. The largest absolute Gasteiger partial charge is 0.394 e. The van der Waals surface area contributed by atoms with Crippen LogP contribution in [0.5, 0.6) is 0 Å². The number of hydrogen-bond acceptors (Lipinski definition) is 6. The minimum Gasteiger partial charge on any atom is -0.394 e. The highest BCUT2D eigenvalue weighted by Gasteiger charge is 2.33. The van der Waals surface area contributed by atoms with Crippen LogP contribution in [0.15, 0.2) is 0 Å². The van der Waals surface area contributed by atoms with Crippen LogP contribution in [0.3, 0.4) is 0 Å². The number of hydrogen-bond donors (Lipinski definition) is 5. The highest BCUT2D eigenvalue weighted by Crippen LogP contribution is 2.10. The van der Waals surface area contributed by atoms with Gasteiger partial charge in [0.2, 0.25) is 0 Å². The summed E-state index contributed by atoms with van der Waals surface area (Å²) in [6, 6.07) is 0. The Morgan fingerprint density at radius 3 is 1.87 bits per heavy atom. The topological polar surface area (TPSA) is 110 Å². The molecule has 0 aromatic carbocycles. The summed E-state index contributed by atoms with van der Waals surface area (Å²) in [7, 11) is 0. The summed E-state index contributed by atoms with van der Waals surface area (Å²) in [5, 5.41) is 46.1. The van der Waals surface area contributed by atoms with Crippen LogP contribution in [0.25, 0.3) is 0 Å². The predicted molar refractivity (Wildman–Crippen MR) is 52.2 cm³/mol. The molecule has 0 aliphatic rings. The standard InChI is InChI=1S/C9H20O6/c1-3-15-6(4-10)8(13)9(14)7(12)5(2)11/h5-14H,3-4H2,1-2H3. The van der Waals surface area contributed by atoms with E-state index in [0.29, 0.717) is 0 Å². The monoisotopic (exact) mass is 224 g/mol. The van der Waals surface area contributed by atoms with Gasteiger partial charge in [0.05, 0.1) is 12.7 Å². The fourth-order valence-corrected chi connectivity index (χ4v) is 1.18. The molecule has 15 heavy (non-hydrogen) atoms. The molecule has 0 aromatic rings. The number of aliphatic hydroxyl groups is 5. The Balaban J connectivity index is 4.32. The van der Waals surface area contributed by atoms with Crippen molar-refractivity contribution in [1.82, 2.24) is 0 Å². The molecule has 0 aromatic heterocycles. The molecule has 6 heteroatoms. The molecule has 0 saturated carbocycles. The van der Waals surface area contributed by atoms with E-state index in [1.54, 1.807) is 6.92 Å². The van der Waals surface area contributed by atoms with Crippen molar-refractivity contribution in [2.75, 3.05) is 13.2 Å². The Labute approximate surface area is 88.7 Å². The zero-order chi connectivity index (χ0) is 12.0. The van der Waals surface area contributed by atoms with Crippen LogP contribution >= 0.6 is 0 Å². The van der Waals surface area contributed by atoms with E-state index in [-0.39, 0.29) is 6.61 Å². The van der Waals surface area contributed by atoms with Crippen molar-refractivity contribution in [2.24, 2.45) is 0 Å². The van der Waals surface area contributed by atoms with Gasteiger partial charge in [-0.25, -0.2) is 0 Å². The van der Waals surface area contributed by atoms with Gasteiger partial charge in [0, 0.05) is 6.61 Å². The minimum absolute atomic E-state index is 0.264. The molecule has 5 N–H and O–H groups in total. The number of ether oxygens (including phenoxy) is 1. The van der Waals surface area contributed by atoms with Crippen molar-refractivity contribution < 1.29 is 30.3 Å². The molecular weight excluding hydrogens is 204 g/mol. The van der Waals surface area contributed by atoms with Crippen molar-refractivity contribution in [3.8, 4) is 0 Å². The molecule has 0 aliphatic heterocycles. The van der Waals surface area contributed by atoms with E-state index in [9.17, 15) is 15.3 Å². The zero-order valence-electron chi connectivity index (χ0n) is 8.95. The lowest BCUT2D eigenvalue weighted by atomic mass is 10.0. The first kappa shape index (κ1) is 14.8. The second kappa shape index (κ2) is 7.10. The summed E-state index contributed by atoms with van der Waals surface area (Å²) in [6.07, 6.45) is -6.63. The molecule has 0 aliphatic carbocycles. The molecular formula is C9H20O6. The Kier molecular flexibility index (Phi) is 6.99. The Hall–Kier alpha value is -0.240. The van der Waals surface area contributed by atoms with E-state index < -0.39 is 37.1 Å². The van der Waals surface area contributed by atoms with Crippen LogP contribution in [0.2, 0.25) is 0 Å². The van der Waals surface area contributed by atoms with E-state index in [0.717, 1.165) is 0 Å². The van der Waals surface area contributed by atoms with Gasteiger partial charge in [0.1, 0.15) is 24.4 Å². The lowest BCUT2D eigenvalue weighted by Crippen LogP contribution is -2.50. The first-order chi connectivity index (χ1) is 6.95. The summed E-state index contributed by atoms with van der Waals surface area (Å²) in [4.78, 5) is 0. The van der Waals surface area contributed by atoms with Gasteiger partial charge in [-0.15, -0.1) is 0 Å². The van der Waals surface area contributed by atoms with Crippen LogP contribution in [-0.2, 0) is 4.74 Å². The highest BCUT2D eigenvalue weighted by atomic mass is 16.5. The molecule has 5 unspecified atom stereocenters. The fraction of sp³-hybridized carbons (Fsp3) is 1.00.